The van der Waals surface area contributed by atoms with E-state index in [1.54, 1.807) is 6.92 Å². The number of halogens is 3. The van der Waals surface area contributed by atoms with E-state index in [9.17, 15) is 18.0 Å². The lowest BCUT2D eigenvalue weighted by atomic mass is 9.89. The van der Waals surface area contributed by atoms with E-state index in [1.165, 1.54) is 19.2 Å². The molecule has 0 amide bonds. The molecule has 0 radical (unpaired) electrons. The molecule has 1 rings (SSSR count). The van der Waals surface area contributed by atoms with E-state index in [0.29, 0.717) is 0 Å². The summed E-state index contributed by atoms with van der Waals surface area (Å²) in [5.41, 5.74) is -2.05. The van der Waals surface area contributed by atoms with Crippen molar-refractivity contribution in [2.45, 2.75) is 32.4 Å². The molecule has 0 bridgehead atoms. The fourth-order valence-electron chi connectivity index (χ4n) is 1.42. The summed E-state index contributed by atoms with van der Waals surface area (Å²) in [7, 11) is 0. The molecule has 1 heterocycles. The number of carbonyl (C=O) groups is 1. The SMILES string of the molecule is CCOC(=O)C(C)(C)c1sccc1C(F)(F)F. The van der Waals surface area contributed by atoms with Gasteiger partial charge in [0, 0.05) is 4.88 Å². The number of rotatable bonds is 3. The first-order valence-corrected chi connectivity index (χ1v) is 5.91. The molecule has 0 unspecified atom stereocenters. The molecule has 0 aliphatic carbocycles. The van der Waals surface area contributed by atoms with E-state index in [1.807, 2.05) is 0 Å². The molecular formula is C11H13F3O2S. The van der Waals surface area contributed by atoms with Crippen LogP contribution in [0.25, 0.3) is 0 Å². The van der Waals surface area contributed by atoms with Gasteiger partial charge >= 0.3 is 12.1 Å². The number of alkyl halides is 3. The summed E-state index contributed by atoms with van der Waals surface area (Å²) in [5.74, 6) is -0.645. The average molecular weight is 266 g/mol. The third-order valence-corrected chi connectivity index (χ3v) is 3.56. The van der Waals surface area contributed by atoms with Crippen LogP contribution in [-0.4, -0.2) is 12.6 Å². The molecule has 6 heteroatoms. The first-order chi connectivity index (χ1) is 7.71. The molecule has 0 spiro atoms. The van der Waals surface area contributed by atoms with Gasteiger partial charge in [0.2, 0.25) is 0 Å². The lowest BCUT2D eigenvalue weighted by molar-refractivity contribution is -0.149. The van der Waals surface area contributed by atoms with Crippen LogP contribution in [-0.2, 0) is 21.1 Å². The second kappa shape index (κ2) is 4.68. The van der Waals surface area contributed by atoms with Gasteiger partial charge in [0.25, 0.3) is 0 Å². The highest BCUT2D eigenvalue weighted by molar-refractivity contribution is 7.10. The Morgan fingerprint density at radius 2 is 2.00 bits per heavy atom. The Morgan fingerprint density at radius 3 is 2.47 bits per heavy atom. The van der Waals surface area contributed by atoms with Gasteiger partial charge < -0.3 is 4.74 Å². The average Bonchev–Trinajstić information content (AvgIpc) is 2.65. The van der Waals surface area contributed by atoms with Crippen LogP contribution in [0.3, 0.4) is 0 Å². The number of ether oxygens (including phenoxy) is 1. The first-order valence-electron chi connectivity index (χ1n) is 5.03. The van der Waals surface area contributed by atoms with Crippen LogP contribution in [0.4, 0.5) is 13.2 Å². The van der Waals surface area contributed by atoms with Crippen LogP contribution in [0, 0.1) is 0 Å². The third-order valence-electron chi connectivity index (χ3n) is 2.32. The van der Waals surface area contributed by atoms with E-state index < -0.39 is 23.1 Å². The van der Waals surface area contributed by atoms with Crippen LogP contribution < -0.4 is 0 Å². The van der Waals surface area contributed by atoms with Gasteiger partial charge in [0.1, 0.15) is 0 Å². The van der Waals surface area contributed by atoms with Crippen molar-refractivity contribution in [1.82, 2.24) is 0 Å². The molecule has 0 aliphatic rings. The van der Waals surface area contributed by atoms with Gasteiger partial charge in [-0.15, -0.1) is 11.3 Å². The summed E-state index contributed by atoms with van der Waals surface area (Å²) >= 11 is 0.917. The fourth-order valence-corrected chi connectivity index (χ4v) is 2.45. The van der Waals surface area contributed by atoms with Crippen molar-refractivity contribution in [2.75, 3.05) is 6.61 Å². The zero-order valence-corrected chi connectivity index (χ0v) is 10.5. The molecule has 2 nitrogen and oxygen atoms in total. The molecule has 0 aromatic carbocycles. The number of hydrogen-bond acceptors (Lipinski definition) is 3. The van der Waals surface area contributed by atoms with Gasteiger partial charge in [-0.3, -0.25) is 4.79 Å². The maximum atomic E-state index is 12.7. The lowest BCUT2D eigenvalue weighted by Gasteiger charge is -2.23. The highest BCUT2D eigenvalue weighted by atomic mass is 32.1. The minimum absolute atomic E-state index is 0.0107. The molecule has 17 heavy (non-hydrogen) atoms. The molecule has 1 aromatic rings. The van der Waals surface area contributed by atoms with Crippen molar-refractivity contribution in [3.8, 4) is 0 Å². The van der Waals surface area contributed by atoms with Crippen molar-refractivity contribution in [3.05, 3.63) is 21.9 Å². The van der Waals surface area contributed by atoms with E-state index in [0.717, 1.165) is 17.4 Å². The Hall–Kier alpha value is -1.04. The molecule has 0 fully saturated rings. The number of thiophene rings is 1. The quantitative estimate of drug-likeness (QED) is 0.781. The summed E-state index contributed by atoms with van der Waals surface area (Å²) in [6, 6.07) is 0.987. The number of carbonyl (C=O) groups excluding carboxylic acids is 1. The van der Waals surface area contributed by atoms with Gasteiger partial charge in [-0.25, -0.2) is 0 Å². The maximum Gasteiger partial charge on any atom is 0.417 e. The predicted molar refractivity (Wildman–Crippen MR) is 59.0 cm³/mol. The van der Waals surface area contributed by atoms with Gasteiger partial charge in [-0.05, 0) is 32.2 Å². The minimum Gasteiger partial charge on any atom is -0.465 e. The Kier molecular flexibility index (Phi) is 3.86. The van der Waals surface area contributed by atoms with Crippen LogP contribution in [0.2, 0.25) is 0 Å². The molecular weight excluding hydrogens is 253 g/mol. The summed E-state index contributed by atoms with van der Waals surface area (Å²) in [4.78, 5) is 11.6. The summed E-state index contributed by atoms with van der Waals surface area (Å²) in [6.45, 7) is 4.64. The van der Waals surface area contributed by atoms with Crippen LogP contribution in [0.15, 0.2) is 11.4 Å². The minimum atomic E-state index is -4.45. The predicted octanol–water partition coefficient (Wildman–Crippen LogP) is 3.61. The van der Waals surface area contributed by atoms with E-state index in [2.05, 4.69) is 0 Å². The maximum absolute atomic E-state index is 12.7. The summed E-state index contributed by atoms with van der Waals surface area (Å²) in [6.07, 6.45) is -4.45. The first kappa shape index (κ1) is 14.0. The van der Waals surface area contributed by atoms with Gasteiger partial charge in [0.05, 0.1) is 17.6 Å². The second-order valence-corrected chi connectivity index (χ2v) is 4.92. The van der Waals surface area contributed by atoms with Crippen LogP contribution in [0.1, 0.15) is 31.2 Å². The Morgan fingerprint density at radius 1 is 1.41 bits per heavy atom. The van der Waals surface area contributed by atoms with E-state index in [-0.39, 0.29) is 11.5 Å². The standard InChI is InChI=1S/C11H13F3O2S/c1-4-16-9(15)10(2,3)8-7(5-6-17-8)11(12,13)14/h5-6H,4H2,1-3H3. The van der Waals surface area contributed by atoms with E-state index >= 15 is 0 Å². The zero-order valence-electron chi connectivity index (χ0n) is 9.72. The zero-order chi connectivity index (χ0) is 13.3. The second-order valence-electron chi connectivity index (χ2n) is 4.01. The molecule has 0 saturated carbocycles. The van der Waals surface area contributed by atoms with Crippen molar-refractivity contribution in [2.24, 2.45) is 0 Å². The largest absolute Gasteiger partial charge is 0.465 e. The van der Waals surface area contributed by atoms with Crippen molar-refractivity contribution >= 4 is 17.3 Å². The molecule has 96 valence electrons. The normalized spacial score (nSPS) is 12.6. The van der Waals surface area contributed by atoms with Crippen LogP contribution in [0.5, 0.6) is 0 Å². The molecule has 0 N–H and O–H groups in total. The van der Waals surface area contributed by atoms with Gasteiger partial charge in [-0.1, -0.05) is 0 Å². The Labute approximate surface area is 101 Å². The highest BCUT2D eigenvalue weighted by Crippen LogP contribution is 2.41. The number of esters is 1. The van der Waals surface area contributed by atoms with E-state index in [4.69, 9.17) is 4.74 Å². The van der Waals surface area contributed by atoms with Gasteiger partial charge in [-0.2, -0.15) is 13.2 Å². The molecule has 0 atom stereocenters. The van der Waals surface area contributed by atoms with Crippen molar-refractivity contribution in [1.29, 1.82) is 0 Å². The van der Waals surface area contributed by atoms with Crippen molar-refractivity contribution in [3.63, 3.8) is 0 Å². The summed E-state index contributed by atoms with van der Waals surface area (Å²) < 4.78 is 42.9. The Bertz CT molecular complexity index is 407. The van der Waals surface area contributed by atoms with Crippen LogP contribution >= 0.6 is 11.3 Å². The molecule has 1 aromatic heterocycles. The smallest absolute Gasteiger partial charge is 0.417 e. The molecule has 0 saturated heterocycles. The highest BCUT2D eigenvalue weighted by Gasteiger charge is 2.42. The third kappa shape index (κ3) is 2.80. The molecule has 0 aliphatic heterocycles. The lowest BCUT2D eigenvalue weighted by Crippen LogP contribution is -2.32. The van der Waals surface area contributed by atoms with Crippen molar-refractivity contribution < 1.29 is 22.7 Å². The summed E-state index contributed by atoms with van der Waals surface area (Å²) in [5, 5.41) is 1.33. The number of hydrogen-bond donors (Lipinski definition) is 0. The Balaban J connectivity index is 3.16. The monoisotopic (exact) mass is 266 g/mol. The topological polar surface area (TPSA) is 26.3 Å². The van der Waals surface area contributed by atoms with Gasteiger partial charge in [0.15, 0.2) is 0 Å². The fraction of sp³-hybridized carbons (Fsp3) is 0.545.